The number of aryl methyl sites for hydroxylation is 2. The lowest BCUT2D eigenvalue weighted by Crippen LogP contribution is -2.33. The summed E-state index contributed by atoms with van der Waals surface area (Å²) in [6.45, 7) is 5.14. The van der Waals surface area contributed by atoms with E-state index in [9.17, 15) is 4.79 Å². The second-order valence-corrected chi connectivity index (χ2v) is 4.22. The second-order valence-electron chi connectivity index (χ2n) is 4.22. The number of carbonyl (C=O) groups excluding carboxylic acids is 1. The summed E-state index contributed by atoms with van der Waals surface area (Å²) in [6, 6.07) is 0.407. The van der Waals surface area contributed by atoms with Crippen molar-refractivity contribution in [3.63, 3.8) is 0 Å². The molecular formula is C11H18ClN3O2. The number of likely N-dealkylation sites (tertiary alicyclic amines) is 1. The minimum Gasteiger partial charge on any atom is -0.361 e. The molecule has 1 fully saturated rings. The maximum Gasteiger partial charge on any atom is 0.259 e. The van der Waals surface area contributed by atoms with Crippen molar-refractivity contribution in [1.29, 1.82) is 0 Å². The summed E-state index contributed by atoms with van der Waals surface area (Å²) in [6.07, 6.45) is 1.01. The molecule has 1 unspecified atom stereocenters. The van der Waals surface area contributed by atoms with Crippen molar-refractivity contribution in [2.75, 3.05) is 20.1 Å². The van der Waals surface area contributed by atoms with Crippen molar-refractivity contribution in [2.24, 2.45) is 0 Å². The number of likely N-dealkylation sites (N-methyl/N-ethyl adjacent to an activating group) is 1. The lowest BCUT2D eigenvalue weighted by molar-refractivity contribution is 0.0787. The first-order valence-electron chi connectivity index (χ1n) is 5.53. The van der Waals surface area contributed by atoms with Crippen LogP contribution in [0.1, 0.15) is 28.2 Å². The van der Waals surface area contributed by atoms with Gasteiger partial charge >= 0.3 is 0 Å². The number of hydrogen-bond donors (Lipinski definition) is 1. The molecule has 0 bridgehead atoms. The molecule has 1 amide bonds. The van der Waals surface area contributed by atoms with E-state index in [1.54, 1.807) is 13.8 Å². The van der Waals surface area contributed by atoms with Crippen LogP contribution in [0.2, 0.25) is 0 Å². The molecule has 0 radical (unpaired) electrons. The van der Waals surface area contributed by atoms with Gasteiger partial charge in [-0.1, -0.05) is 5.16 Å². The van der Waals surface area contributed by atoms with Crippen LogP contribution in [-0.2, 0) is 0 Å². The summed E-state index contributed by atoms with van der Waals surface area (Å²) in [7, 11) is 1.93. The Balaban J connectivity index is 0.00000144. The van der Waals surface area contributed by atoms with E-state index < -0.39 is 0 Å². The average Bonchev–Trinajstić information content (AvgIpc) is 2.85. The summed E-state index contributed by atoms with van der Waals surface area (Å²) < 4.78 is 5.02. The van der Waals surface area contributed by atoms with Crippen LogP contribution >= 0.6 is 12.4 Å². The molecule has 0 spiro atoms. The maximum absolute atomic E-state index is 12.2. The van der Waals surface area contributed by atoms with Gasteiger partial charge in [0.15, 0.2) is 0 Å². The third-order valence-electron chi connectivity index (χ3n) is 3.13. The molecule has 1 aliphatic rings. The van der Waals surface area contributed by atoms with Crippen molar-refractivity contribution >= 4 is 18.3 Å². The van der Waals surface area contributed by atoms with Gasteiger partial charge in [-0.15, -0.1) is 12.4 Å². The molecule has 1 saturated heterocycles. The van der Waals surface area contributed by atoms with Gasteiger partial charge in [0.2, 0.25) is 0 Å². The highest BCUT2D eigenvalue weighted by atomic mass is 35.5. The molecule has 1 aromatic rings. The van der Waals surface area contributed by atoms with Crippen molar-refractivity contribution in [2.45, 2.75) is 26.3 Å². The van der Waals surface area contributed by atoms with Gasteiger partial charge in [0.05, 0.1) is 5.69 Å². The molecule has 1 aromatic heterocycles. The Kier molecular flexibility index (Phi) is 4.54. The Bertz CT molecular complexity index is 386. The van der Waals surface area contributed by atoms with Crippen LogP contribution in [0.25, 0.3) is 0 Å². The molecule has 17 heavy (non-hydrogen) atoms. The number of nitrogens with one attached hydrogen (secondary N) is 1. The zero-order valence-electron chi connectivity index (χ0n) is 10.3. The summed E-state index contributed by atoms with van der Waals surface area (Å²) in [5.41, 5.74) is 1.30. The highest BCUT2D eigenvalue weighted by molar-refractivity contribution is 5.96. The minimum absolute atomic E-state index is 0. The van der Waals surface area contributed by atoms with Gasteiger partial charge in [-0.25, -0.2) is 0 Å². The SMILES string of the molecule is CNC1CCN(C(=O)c2c(C)noc2C)C1.Cl. The number of halogens is 1. The third kappa shape index (κ3) is 2.61. The summed E-state index contributed by atoms with van der Waals surface area (Å²) in [5, 5.41) is 7.00. The molecule has 5 nitrogen and oxygen atoms in total. The summed E-state index contributed by atoms with van der Waals surface area (Å²) >= 11 is 0. The maximum atomic E-state index is 12.2. The number of amides is 1. The van der Waals surface area contributed by atoms with E-state index in [4.69, 9.17) is 4.52 Å². The van der Waals surface area contributed by atoms with Crippen molar-refractivity contribution in [3.05, 3.63) is 17.0 Å². The Hall–Kier alpha value is -1.07. The van der Waals surface area contributed by atoms with Gasteiger partial charge in [0.25, 0.3) is 5.91 Å². The van der Waals surface area contributed by atoms with E-state index in [-0.39, 0.29) is 18.3 Å². The van der Waals surface area contributed by atoms with Crippen LogP contribution in [0, 0.1) is 13.8 Å². The number of nitrogens with zero attached hydrogens (tertiary/aromatic N) is 2. The largest absolute Gasteiger partial charge is 0.361 e. The fourth-order valence-electron chi connectivity index (χ4n) is 2.13. The van der Waals surface area contributed by atoms with E-state index >= 15 is 0 Å². The lowest BCUT2D eigenvalue weighted by Gasteiger charge is -2.15. The van der Waals surface area contributed by atoms with Crippen LogP contribution in [0.15, 0.2) is 4.52 Å². The number of rotatable bonds is 2. The van der Waals surface area contributed by atoms with Crippen LogP contribution in [0.5, 0.6) is 0 Å². The highest BCUT2D eigenvalue weighted by Crippen LogP contribution is 2.18. The van der Waals surface area contributed by atoms with Gasteiger partial charge in [-0.05, 0) is 27.3 Å². The lowest BCUT2D eigenvalue weighted by atomic mass is 10.2. The molecule has 1 aliphatic heterocycles. The Labute approximate surface area is 107 Å². The predicted octanol–water partition coefficient (Wildman–Crippen LogP) is 1.15. The van der Waals surface area contributed by atoms with Gasteiger partial charge in [-0.2, -0.15) is 0 Å². The molecule has 1 N–H and O–H groups in total. The first-order valence-corrected chi connectivity index (χ1v) is 5.53. The van der Waals surface area contributed by atoms with Crippen LogP contribution < -0.4 is 5.32 Å². The van der Waals surface area contributed by atoms with Gasteiger partial charge in [-0.3, -0.25) is 4.79 Å². The fourth-order valence-corrected chi connectivity index (χ4v) is 2.13. The van der Waals surface area contributed by atoms with Gasteiger partial charge in [0, 0.05) is 19.1 Å². The molecule has 6 heteroatoms. The molecule has 0 saturated carbocycles. The van der Waals surface area contributed by atoms with E-state index in [0.29, 0.717) is 23.1 Å². The quantitative estimate of drug-likeness (QED) is 0.866. The third-order valence-corrected chi connectivity index (χ3v) is 3.13. The smallest absolute Gasteiger partial charge is 0.259 e. The van der Waals surface area contributed by atoms with Crippen LogP contribution in [-0.4, -0.2) is 42.1 Å². The molecule has 96 valence electrons. The van der Waals surface area contributed by atoms with E-state index in [1.807, 2.05) is 11.9 Å². The van der Waals surface area contributed by atoms with Crippen molar-refractivity contribution < 1.29 is 9.32 Å². The second kappa shape index (κ2) is 5.51. The van der Waals surface area contributed by atoms with Crippen LogP contribution in [0.3, 0.4) is 0 Å². The monoisotopic (exact) mass is 259 g/mol. The number of aromatic nitrogens is 1. The Morgan fingerprint density at radius 3 is 2.71 bits per heavy atom. The van der Waals surface area contributed by atoms with E-state index in [0.717, 1.165) is 19.5 Å². The van der Waals surface area contributed by atoms with Crippen molar-refractivity contribution in [1.82, 2.24) is 15.4 Å². The first kappa shape index (κ1) is 14.0. The van der Waals surface area contributed by atoms with Crippen molar-refractivity contribution in [3.8, 4) is 0 Å². The fraction of sp³-hybridized carbons (Fsp3) is 0.636. The molecule has 2 rings (SSSR count). The average molecular weight is 260 g/mol. The zero-order chi connectivity index (χ0) is 11.7. The Morgan fingerprint density at radius 1 is 1.53 bits per heavy atom. The predicted molar refractivity (Wildman–Crippen MR) is 66.6 cm³/mol. The number of hydrogen-bond acceptors (Lipinski definition) is 4. The normalized spacial score (nSPS) is 19.2. The highest BCUT2D eigenvalue weighted by Gasteiger charge is 2.29. The van der Waals surface area contributed by atoms with Gasteiger partial charge < -0.3 is 14.7 Å². The van der Waals surface area contributed by atoms with E-state index in [1.165, 1.54) is 0 Å². The molecule has 0 aromatic carbocycles. The van der Waals surface area contributed by atoms with Crippen LogP contribution in [0.4, 0.5) is 0 Å². The molecule has 1 atom stereocenters. The summed E-state index contributed by atoms with van der Waals surface area (Å²) in [5.74, 6) is 0.643. The molecule has 2 heterocycles. The number of carbonyl (C=O) groups is 1. The zero-order valence-corrected chi connectivity index (χ0v) is 11.1. The first-order chi connectivity index (χ1) is 7.63. The molecule has 0 aliphatic carbocycles. The Morgan fingerprint density at radius 2 is 2.24 bits per heavy atom. The standard InChI is InChI=1S/C11H17N3O2.ClH/c1-7-10(8(2)16-13-7)11(15)14-5-4-9(6-14)12-3;/h9,12H,4-6H2,1-3H3;1H. The molecular weight excluding hydrogens is 242 g/mol. The van der Waals surface area contributed by atoms with E-state index in [2.05, 4.69) is 10.5 Å². The van der Waals surface area contributed by atoms with Gasteiger partial charge in [0.1, 0.15) is 11.3 Å². The topological polar surface area (TPSA) is 58.4 Å². The summed E-state index contributed by atoms with van der Waals surface area (Å²) in [4.78, 5) is 14.1. The minimum atomic E-state index is 0.